The van der Waals surface area contributed by atoms with E-state index < -0.39 is 0 Å². The second kappa shape index (κ2) is 6.25. The number of fused-ring (bicyclic) bond motifs is 1. The first kappa shape index (κ1) is 14.6. The van der Waals surface area contributed by atoms with Gasteiger partial charge in [0.25, 0.3) is 11.5 Å². The van der Waals surface area contributed by atoms with Crippen LogP contribution in [0.4, 0.5) is 17.5 Å². The Morgan fingerprint density at radius 3 is 2.75 bits per heavy atom. The van der Waals surface area contributed by atoms with Gasteiger partial charge in [0, 0.05) is 32.2 Å². The first-order valence-corrected chi connectivity index (χ1v) is 7.85. The first-order chi connectivity index (χ1) is 11.8. The second-order valence-electron chi connectivity index (χ2n) is 5.56. The molecule has 0 atom stereocenters. The Balaban J connectivity index is 1.54. The zero-order chi connectivity index (χ0) is 16.4. The molecule has 122 valence electrons. The van der Waals surface area contributed by atoms with Crippen LogP contribution in [0.3, 0.4) is 0 Å². The summed E-state index contributed by atoms with van der Waals surface area (Å²) < 4.78 is 0. The minimum Gasteiger partial charge on any atom is -0.594 e. The minimum absolute atomic E-state index is 0.228. The maximum Gasteiger partial charge on any atom is 0.296 e. The number of anilines is 3. The van der Waals surface area contributed by atoms with E-state index in [1.165, 1.54) is 0 Å². The summed E-state index contributed by atoms with van der Waals surface area (Å²) in [5.41, 5.74) is 2.10. The maximum absolute atomic E-state index is 11.9. The fourth-order valence-corrected chi connectivity index (χ4v) is 2.73. The maximum atomic E-state index is 11.9. The molecule has 3 aromatic rings. The zero-order valence-corrected chi connectivity index (χ0v) is 13.0. The number of nitrogens with one attached hydrogen (secondary N) is 2. The van der Waals surface area contributed by atoms with Crippen LogP contribution in [-0.4, -0.2) is 41.2 Å². The molecule has 0 spiro atoms. The lowest BCUT2D eigenvalue weighted by molar-refractivity contribution is -0.641. The van der Waals surface area contributed by atoms with Gasteiger partial charge < -0.3 is 20.7 Å². The molecule has 3 heterocycles. The highest BCUT2D eigenvalue weighted by atomic mass is 16.5. The highest BCUT2D eigenvalue weighted by molar-refractivity contribution is 5.71. The monoisotopic (exact) mass is 323 g/mol. The van der Waals surface area contributed by atoms with Gasteiger partial charge >= 0.3 is 0 Å². The molecule has 1 aromatic carbocycles. The van der Waals surface area contributed by atoms with E-state index in [2.05, 4.69) is 30.6 Å². The molecule has 0 unspecified atom stereocenters. The van der Waals surface area contributed by atoms with Crippen LogP contribution < -0.4 is 20.4 Å². The number of nitrogens with zero attached hydrogens (tertiary/aromatic N) is 5. The van der Waals surface area contributed by atoms with Crippen molar-refractivity contribution in [2.75, 3.05) is 36.4 Å². The van der Waals surface area contributed by atoms with Gasteiger partial charge in [0.2, 0.25) is 0 Å². The van der Waals surface area contributed by atoms with Crippen molar-refractivity contribution >= 4 is 28.5 Å². The molecule has 2 aromatic heterocycles. The van der Waals surface area contributed by atoms with Crippen molar-refractivity contribution in [3.8, 4) is 0 Å². The smallest absolute Gasteiger partial charge is 0.296 e. The molecule has 1 aliphatic rings. The number of hydrogen-bond donors (Lipinski definition) is 2. The summed E-state index contributed by atoms with van der Waals surface area (Å²) in [7, 11) is 0. The van der Waals surface area contributed by atoms with Gasteiger partial charge in [-0.1, -0.05) is 12.1 Å². The Bertz CT molecular complexity index is 847. The van der Waals surface area contributed by atoms with E-state index in [1.807, 2.05) is 24.4 Å². The largest absolute Gasteiger partial charge is 0.594 e. The Kier molecular flexibility index (Phi) is 3.80. The third-order valence-electron chi connectivity index (χ3n) is 3.97. The molecule has 1 aliphatic heterocycles. The number of hydrogen-bond acceptors (Lipinski definition) is 7. The summed E-state index contributed by atoms with van der Waals surface area (Å²) in [6.45, 7) is 3.90. The Labute approximate surface area is 138 Å². The van der Waals surface area contributed by atoms with Crippen molar-refractivity contribution in [2.24, 2.45) is 0 Å². The summed E-state index contributed by atoms with van der Waals surface area (Å²) >= 11 is 0. The number of pyridine rings is 1. The van der Waals surface area contributed by atoms with E-state index in [1.54, 1.807) is 18.2 Å². The van der Waals surface area contributed by atoms with Crippen molar-refractivity contribution < 1.29 is 4.85 Å². The Morgan fingerprint density at radius 2 is 1.96 bits per heavy atom. The van der Waals surface area contributed by atoms with Crippen molar-refractivity contribution in [3.63, 3.8) is 0 Å². The van der Waals surface area contributed by atoms with Gasteiger partial charge in [-0.15, -0.1) is 0 Å². The van der Waals surface area contributed by atoms with Crippen LogP contribution in [0.1, 0.15) is 0 Å². The van der Waals surface area contributed by atoms with Crippen LogP contribution >= 0.6 is 0 Å². The topological polar surface area (TPSA) is 92.9 Å². The molecular weight excluding hydrogens is 306 g/mol. The van der Waals surface area contributed by atoms with Gasteiger partial charge in [-0.2, -0.15) is 0 Å². The average Bonchev–Trinajstić information content (AvgIpc) is 2.63. The normalized spacial score (nSPS) is 14.8. The highest BCUT2D eigenvalue weighted by Gasteiger charge is 2.12. The molecule has 1 saturated heterocycles. The molecule has 0 radical (unpaired) electrons. The van der Waals surface area contributed by atoms with Crippen LogP contribution in [0.25, 0.3) is 11.0 Å². The van der Waals surface area contributed by atoms with Crippen LogP contribution in [0.5, 0.6) is 0 Å². The van der Waals surface area contributed by atoms with Gasteiger partial charge in [-0.25, -0.2) is 9.97 Å². The van der Waals surface area contributed by atoms with Gasteiger partial charge in [0.05, 0.1) is 17.0 Å². The van der Waals surface area contributed by atoms with Crippen LogP contribution in [0.2, 0.25) is 0 Å². The molecule has 0 bridgehead atoms. The van der Waals surface area contributed by atoms with Gasteiger partial charge in [0.1, 0.15) is 11.3 Å². The second-order valence-corrected chi connectivity index (χ2v) is 5.56. The lowest BCUT2D eigenvalue weighted by atomic mass is 10.3. The van der Waals surface area contributed by atoms with Gasteiger partial charge in [-0.05, 0) is 23.0 Å². The molecule has 0 amide bonds. The molecule has 24 heavy (non-hydrogen) atoms. The lowest BCUT2D eigenvalue weighted by Gasteiger charge is -2.29. The van der Waals surface area contributed by atoms with Gasteiger partial charge in [0.15, 0.2) is 0 Å². The molecule has 8 nitrogen and oxygen atoms in total. The fourth-order valence-electron chi connectivity index (χ4n) is 2.73. The van der Waals surface area contributed by atoms with E-state index in [9.17, 15) is 5.21 Å². The number of rotatable bonds is 3. The van der Waals surface area contributed by atoms with E-state index in [-0.39, 0.29) is 5.95 Å². The van der Waals surface area contributed by atoms with Crippen LogP contribution in [0, 0.1) is 5.21 Å². The van der Waals surface area contributed by atoms with Crippen LogP contribution in [-0.2, 0) is 0 Å². The number of para-hydroxylation sites is 2. The van der Waals surface area contributed by atoms with Crippen molar-refractivity contribution in [2.45, 2.75) is 0 Å². The van der Waals surface area contributed by atoms with Crippen LogP contribution in [0.15, 0.2) is 42.6 Å². The lowest BCUT2D eigenvalue weighted by Crippen LogP contribution is -2.43. The number of benzene rings is 1. The minimum atomic E-state index is 0.228. The van der Waals surface area contributed by atoms with Crippen molar-refractivity contribution in [3.05, 3.63) is 47.8 Å². The zero-order valence-electron chi connectivity index (χ0n) is 13.0. The third kappa shape index (κ3) is 2.91. The SMILES string of the molecule is [O-][n+]1nc(Nc2ccc(N3CCNCC3)cn2)nc2ccccc21. The number of piperazine rings is 1. The molecule has 8 heteroatoms. The molecule has 2 N–H and O–H groups in total. The Morgan fingerprint density at radius 1 is 1.12 bits per heavy atom. The standard InChI is InChI=1S/C16H17N7O/c24-23-14-4-2-1-3-13(14)19-16(21-23)20-15-6-5-12(11-18-15)22-9-7-17-8-10-22/h1-6,11,17H,7-10H2,(H,18,19,20,21). The summed E-state index contributed by atoms with van der Waals surface area (Å²) in [5, 5.41) is 22.1. The van der Waals surface area contributed by atoms with E-state index in [4.69, 9.17) is 0 Å². The molecular formula is C16H17N7O. The van der Waals surface area contributed by atoms with E-state index in [0.29, 0.717) is 21.7 Å². The predicted octanol–water partition coefficient (Wildman–Crippen LogP) is 0.811. The van der Waals surface area contributed by atoms with Crippen molar-refractivity contribution in [1.82, 2.24) is 20.4 Å². The molecule has 4 rings (SSSR count). The molecule has 1 fully saturated rings. The first-order valence-electron chi connectivity index (χ1n) is 7.85. The fraction of sp³-hybridized carbons (Fsp3) is 0.250. The van der Waals surface area contributed by atoms with E-state index in [0.717, 1.165) is 31.9 Å². The molecule has 0 saturated carbocycles. The summed E-state index contributed by atoms with van der Waals surface area (Å²) in [6.07, 6.45) is 1.82. The average molecular weight is 323 g/mol. The highest BCUT2D eigenvalue weighted by Crippen LogP contribution is 2.17. The quantitative estimate of drug-likeness (QED) is 0.544. The van der Waals surface area contributed by atoms with Crippen molar-refractivity contribution in [1.29, 1.82) is 0 Å². The summed E-state index contributed by atoms with van der Waals surface area (Å²) in [5.74, 6) is 0.829. The predicted molar refractivity (Wildman–Crippen MR) is 91.1 cm³/mol. The summed E-state index contributed by atoms with van der Waals surface area (Å²) in [4.78, 5) is 11.6. The Hall–Kier alpha value is -3.00. The molecule has 0 aliphatic carbocycles. The summed E-state index contributed by atoms with van der Waals surface area (Å²) in [6, 6.07) is 10.9. The third-order valence-corrected chi connectivity index (χ3v) is 3.97. The number of aromatic nitrogens is 4. The van der Waals surface area contributed by atoms with Gasteiger partial charge in [-0.3, -0.25) is 0 Å². The van der Waals surface area contributed by atoms with E-state index >= 15 is 0 Å².